The number of nitrogen functional groups attached to an aromatic ring is 1. The molecule has 1 aromatic heterocycles. The van der Waals surface area contributed by atoms with Gasteiger partial charge in [0.1, 0.15) is 18.2 Å². The van der Waals surface area contributed by atoms with Crippen LogP contribution < -0.4 is 15.8 Å². The fourth-order valence-electron chi connectivity index (χ4n) is 4.21. The minimum Gasteiger partial charge on any atom is -0.485 e. The van der Waals surface area contributed by atoms with Crippen molar-refractivity contribution in [3.05, 3.63) is 77.0 Å². The van der Waals surface area contributed by atoms with E-state index in [1.54, 1.807) is 31.3 Å². The van der Waals surface area contributed by atoms with E-state index >= 15 is 0 Å². The maximum Gasteiger partial charge on any atom is 0.253 e. The summed E-state index contributed by atoms with van der Waals surface area (Å²) in [5, 5.41) is 3.42. The van der Waals surface area contributed by atoms with Gasteiger partial charge in [-0.3, -0.25) is 4.79 Å². The van der Waals surface area contributed by atoms with Gasteiger partial charge < -0.3 is 20.7 Å². The van der Waals surface area contributed by atoms with Crippen LogP contribution in [0.5, 0.6) is 5.75 Å². The molecule has 34 heavy (non-hydrogen) atoms. The molecular weight excluding hydrogens is 438 g/mol. The molecular formula is C26H28F2N4O2. The number of anilines is 1. The Morgan fingerprint density at radius 2 is 1.79 bits per heavy atom. The van der Waals surface area contributed by atoms with Crippen molar-refractivity contribution in [2.24, 2.45) is 0 Å². The minimum atomic E-state index is -0.681. The standard InChI is InChI=1S/C26H28F2N4O2/c1-15-4-9-22(27)21(24(15)28)14-34-23-10-20(11-30-25(23)29)18-5-7-19(8-6-18)26(33)32-12-16(2)31-17(3)13-32/h4-11,16-17,31H,12-14H2,1-3H3,(H2,29,30). The molecule has 0 bridgehead atoms. The van der Waals surface area contributed by atoms with Crippen LogP contribution in [0.15, 0.2) is 48.7 Å². The van der Waals surface area contributed by atoms with Gasteiger partial charge in [0.15, 0.2) is 11.6 Å². The van der Waals surface area contributed by atoms with E-state index in [9.17, 15) is 13.6 Å². The Hall–Kier alpha value is -3.52. The van der Waals surface area contributed by atoms with Gasteiger partial charge in [-0.2, -0.15) is 0 Å². The Morgan fingerprint density at radius 1 is 1.12 bits per heavy atom. The van der Waals surface area contributed by atoms with Gasteiger partial charge in [0.25, 0.3) is 5.91 Å². The van der Waals surface area contributed by atoms with Crippen molar-refractivity contribution >= 4 is 11.7 Å². The maximum atomic E-state index is 14.3. The van der Waals surface area contributed by atoms with Crippen molar-refractivity contribution in [2.75, 3.05) is 18.8 Å². The smallest absolute Gasteiger partial charge is 0.253 e. The molecule has 0 radical (unpaired) electrons. The number of pyridine rings is 1. The zero-order valence-corrected chi connectivity index (χ0v) is 19.4. The topological polar surface area (TPSA) is 80.5 Å². The average Bonchev–Trinajstić information content (AvgIpc) is 2.81. The molecule has 1 fully saturated rings. The number of hydrogen-bond donors (Lipinski definition) is 2. The van der Waals surface area contributed by atoms with Gasteiger partial charge in [0.2, 0.25) is 0 Å². The third kappa shape index (κ3) is 5.02. The summed E-state index contributed by atoms with van der Waals surface area (Å²) in [7, 11) is 0. The number of nitrogens with one attached hydrogen (secondary N) is 1. The predicted octanol–water partition coefficient (Wildman–Crippen LogP) is 4.32. The van der Waals surface area contributed by atoms with Crippen molar-refractivity contribution in [1.29, 1.82) is 0 Å². The number of rotatable bonds is 5. The van der Waals surface area contributed by atoms with Crippen LogP contribution in [0.1, 0.15) is 35.3 Å². The number of ether oxygens (including phenoxy) is 1. The van der Waals surface area contributed by atoms with Crippen molar-refractivity contribution in [2.45, 2.75) is 39.5 Å². The van der Waals surface area contributed by atoms with Crippen molar-refractivity contribution in [3.8, 4) is 16.9 Å². The molecule has 2 heterocycles. The number of hydrogen-bond acceptors (Lipinski definition) is 5. The lowest BCUT2D eigenvalue weighted by Gasteiger charge is -2.36. The molecule has 1 amide bonds. The highest BCUT2D eigenvalue weighted by atomic mass is 19.1. The maximum absolute atomic E-state index is 14.3. The quantitative estimate of drug-likeness (QED) is 0.586. The van der Waals surface area contributed by atoms with Gasteiger partial charge in [0, 0.05) is 42.5 Å². The van der Waals surface area contributed by atoms with Crippen molar-refractivity contribution in [3.63, 3.8) is 0 Å². The number of piperazine rings is 1. The van der Waals surface area contributed by atoms with Crippen LogP contribution >= 0.6 is 0 Å². The summed E-state index contributed by atoms with van der Waals surface area (Å²) in [6, 6.07) is 12.0. The summed E-state index contributed by atoms with van der Waals surface area (Å²) < 4.78 is 34.0. The number of aromatic nitrogens is 1. The van der Waals surface area contributed by atoms with E-state index in [1.807, 2.05) is 17.0 Å². The fraction of sp³-hybridized carbons (Fsp3) is 0.308. The molecule has 2 atom stereocenters. The Labute approximate surface area is 197 Å². The van der Waals surface area contributed by atoms with Gasteiger partial charge in [-0.1, -0.05) is 18.2 Å². The summed E-state index contributed by atoms with van der Waals surface area (Å²) in [5.41, 5.74) is 8.22. The Bertz CT molecular complexity index is 1190. The van der Waals surface area contributed by atoms with Gasteiger partial charge in [0.05, 0.1) is 5.56 Å². The summed E-state index contributed by atoms with van der Waals surface area (Å²) in [6.07, 6.45) is 1.59. The number of nitrogens with zero attached hydrogens (tertiary/aromatic N) is 2. The van der Waals surface area contributed by atoms with Crippen LogP contribution in [-0.4, -0.2) is 41.0 Å². The first-order chi connectivity index (χ1) is 16.2. The zero-order valence-electron chi connectivity index (χ0n) is 19.4. The van der Waals surface area contributed by atoms with Gasteiger partial charge in [-0.25, -0.2) is 13.8 Å². The average molecular weight is 467 g/mol. The lowest BCUT2D eigenvalue weighted by atomic mass is 10.0. The first-order valence-electron chi connectivity index (χ1n) is 11.2. The molecule has 4 rings (SSSR count). The third-order valence-electron chi connectivity index (χ3n) is 5.94. The molecule has 1 aliphatic heterocycles. The first kappa shape index (κ1) is 23.6. The minimum absolute atomic E-state index is 0.00610. The molecule has 0 saturated carbocycles. The largest absolute Gasteiger partial charge is 0.485 e. The highest BCUT2D eigenvalue weighted by molar-refractivity contribution is 5.95. The van der Waals surface area contributed by atoms with Crippen LogP contribution in [-0.2, 0) is 6.61 Å². The number of benzene rings is 2. The molecule has 3 aromatic rings. The summed E-state index contributed by atoms with van der Waals surface area (Å²) >= 11 is 0. The number of carbonyl (C=O) groups excluding carboxylic acids is 1. The molecule has 178 valence electrons. The molecule has 6 nitrogen and oxygen atoms in total. The Kier molecular flexibility index (Phi) is 6.79. The number of nitrogens with two attached hydrogens (primary N) is 1. The number of halogens is 2. The number of amides is 1. The lowest BCUT2D eigenvalue weighted by Crippen LogP contribution is -2.55. The van der Waals surface area contributed by atoms with E-state index in [0.29, 0.717) is 29.8 Å². The molecule has 3 N–H and O–H groups in total. The second-order valence-corrected chi connectivity index (χ2v) is 8.81. The molecule has 0 aliphatic carbocycles. The van der Waals surface area contributed by atoms with Gasteiger partial charge in [-0.15, -0.1) is 0 Å². The number of aryl methyl sites for hydroxylation is 1. The molecule has 2 aromatic carbocycles. The van der Waals surface area contributed by atoms with E-state index in [0.717, 1.165) is 5.56 Å². The van der Waals surface area contributed by atoms with E-state index in [2.05, 4.69) is 24.1 Å². The number of carbonyl (C=O) groups is 1. The zero-order chi connectivity index (χ0) is 24.4. The van der Waals surface area contributed by atoms with Crippen molar-refractivity contribution in [1.82, 2.24) is 15.2 Å². The second-order valence-electron chi connectivity index (χ2n) is 8.81. The molecule has 0 spiro atoms. The summed E-state index contributed by atoms with van der Waals surface area (Å²) in [5.74, 6) is -0.989. The normalized spacial score (nSPS) is 18.1. The van der Waals surface area contributed by atoms with Crippen LogP contribution in [0.4, 0.5) is 14.6 Å². The first-order valence-corrected chi connectivity index (χ1v) is 11.2. The van der Waals surface area contributed by atoms with Crippen LogP contribution in [0.2, 0.25) is 0 Å². The highest BCUT2D eigenvalue weighted by Gasteiger charge is 2.25. The van der Waals surface area contributed by atoms with Crippen molar-refractivity contribution < 1.29 is 18.3 Å². The monoisotopic (exact) mass is 466 g/mol. The van der Waals surface area contributed by atoms with E-state index < -0.39 is 11.6 Å². The molecule has 8 heteroatoms. The van der Waals surface area contributed by atoms with E-state index in [-0.39, 0.29) is 41.7 Å². The second kappa shape index (κ2) is 9.77. The fourth-order valence-corrected chi connectivity index (χ4v) is 4.21. The molecule has 1 saturated heterocycles. The molecule has 1 aliphatic rings. The van der Waals surface area contributed by atoms with Gasteiger partial charge >= 0.3 is 0 Å². The predicted molar refractivity (Wildman–Crippen MR) is 127 cm³/mol. The Morgan fingerprint density at radius 3 is 2.47 bits per heavy atom. The third-order valence-corrected chi connectivity index (χ3v) is 5.94. The van der Waals surface area contributed by atoms with E-state index in [4.69, 9.17) is 10.5 Å². The highest BCUT2D eigenvalue weighted by Crippen LogP contribution is 2.29. The lowest BCUT2D eigenvalue weighted by molar-refractivity contribution is 0.0674. The van der Waals surface area contributed by atoms with Gasteiger partial charge in [-0.05, 0) is 56.2 Å². The summed E-state index contributed by atoms with van der Waals surface area (Å²) in [4.78, 5) is 18.9. The van der Waals surface area contributed by atoms with Crippen LogP contribution in [0.25, 0.3) is 11.1 Å². The van der Waals surface area contributed by atoms with E-state index in [1.165, 1.54) is 12.1 Å². The van der Waals surface area contributed by atoms with Crippen LogP contribution in [0, 0.1) is 18.6 Å². The van der Waals surface area contributed by atoms with Crippen LogP contribution in [0.3, 0.4) is 0 Å². The SMILES string of the molecule is Cc1ccc(F)c(COc2cc(-c3ccc(C(=O)N4CC(C)NC(C)C4)cc3)cnc2N)c1F. The summed E-state index contributed by atoms with van der Waals surface area (Å²) in [6.45, 7) is 6.70. The molecule has 2 unspecified atom stereocenters. The Balaban J connectivity index is 1.50.